The molecule has 0 unspecified atom stereocenters. The Bertz CT molecular complexity index is 765. The second kappa shape index (κ2) is 7.86. The van der Waals surface area contributed by atoms with Crippen molar-refractivity contribution < 1.29 is 14.2 Å². The Labute approximate surface area is 152 Å². The van der Waals surface area contributed by atoms with Crippen LogP contribution in [0.5, 0.6) is 5.75 Å². The number of nitrogens with one attached hydrogen (secondary N) is 2. The summed E-state index contributed by atoms with van der Waals surface area (Å²) in [6, 6.07) is 6.44. The fourth-order valence-corrected chi connectivity index (χ4v) is 2.66. The number of ether oxygens (including phenoxy) is 1. The quantitative estimate of drug-likeness (QED) is 0.666. The molecular weight excluding hydrogens is 335 g/mol. The molecule has 0 amide bonds. The first-order valence-electron chi connectivity index (χ1n) is 8.87. The molecule has 1 heterocycles. The standard InChI is InChI=1S/C19H25FN4O2/c1-11(2)16(10-25)23-19-22-15(12-4-5-12)9-18(24-19)21-13-6-7-17(26-3)14(20)8-13/h6-9,11-12,16,25H,4-5,10H2,1-3H3,(H2,21,22,23,24)/t16-/m0/s1. The second-order valence-electron chi connectivity index (χ2n) is 6.93. The molecule has 1 saturated carbocycles. The van der Waals surface area contributed by atoms with E-state index in [4.69, 9.17) is 4.74 Å². The third kappa shape index (κ3) is 4.40. The fraction of sp³-hybridized carbons (Fsp3) is 0.474. The zero-order valence-electron chi connectivity index (χ0n) is 15.3. The number of aliphatic hydroxyl groups is 1. The van der Waals surface area contributed by atoms with Gasteiger partial charge >= 0.3 is 0 Å². The number of rotatable bonds is 8. The summed E-state index contributed by atoms with van der Waals surface area (Å²) in [7, 11) is 1.43. The number of aromatic nitrogens is 2. The maximum absolute atomic E-state index is 13.9. The van der Waals surface area contributed by atoms with Crippen LogP contribution in [0.1, 0.15) is 38.3 Å². The van der Waals surface area contributed by atoms with Crippen LogP contribution in [-0.4, -0.2) is 34.8 Å². The predicted octanol–water partition coefficient (Wildman–Crippen LogP) is 3.67. The highest BCUT2D eigenvalue weighted by molar-refractivity contribution is 5.59. The molecule has 2 aromatic rings. The summed E-state index contributed by atoms with van der Waals surface area (Å²) in [4.78, 5) is 9.07. The molecule has 0 radical (unpaired) electrons. The van der Waals surface area contributed by atoms with Crippen molar-refractivity contribution in [1.82, 2.24) is 9.97 Å². The SMILES string of the molecule is COc1ccc(Nc2cc(C3CC3)nc(N[C@@H](CO)C(C)C)n2)cc1F. The molecular formula is C19H25FN4O2. The van der Waals surface area contributed by atoms with E-state index in [-0.39, 0.29) is 24.3 Å². The highest BCUT2D eigenvalue weighted by Gasteiger charge is 2.26. The van der Waals surface area contributed by atoms with Gasteiger partial charge in [0.05, 0.1) is 25.5 Å². The minimum Gasteiger partial charge on any atom is -0.494 e. The third-order valence-electron chi connectivity index (χ3n) is 4.48. The van der Waals surface area contributed by atoms with E-state index in [1.54, 1.807) is 12.1 Å². The molecule has 0 saturated heterocycles. The molecule has 26 heavy (non-hydrogen) atoms. The summed E-state index contributed by atoms with van der Waals surface area (Å²) in [5, 5.41) is 15.9. The zero-order valence-corrected chi connectivity index (χ0v) is 15.3. The topological polar surface area (TPSA) is 79.3 Å². The number of hydrogen-bond donors (Lipinski definition) is 3. The molecule has 0 aliphatic heterocycles. The Morgan fingerprint density at radius 2 is 2.04 bits per heavy atom. The van der Waals surface area contributed by atoms with Crippen molar-refractivity contribution in [3.05, 3.63) is 35.8 Å². The van der Waals surface area contributed by atoms with Gasteiger partial charge in [-0.05, 0) is 30.9 Å². The molecule has 140 valence electrons. The van der Waals surface area contributed by atoms with E-state index in [9.17, 15) is 9.50 Å². The van der Waals surface area contributed by atoms with Crippen molar-refractivity contribution in [3.8, 4) is 5.75 Å². The van der Waals surface area contributed by atoms with E-state index in [2.05, 4.69) is 20.6 Å². The Morgan fingerprint density at radius 3 is 2.62 bits per heavy atom. The first-order valence-corrected chi connectivity index (χ1v) is 8.87. The lowest BCUT2D eigenvalue weighted by Crippen LogP contribution is -2.30. The second-order valence-corrected chi connectivity index (χ2v) is 6.93. The lowest BCUT2D eigenvalue weighted by molar-refractivity contribution is 0.248. The highest BCUT2D eigenvalue weighted by Crippen LogP contribution is 2.40. The zero-order chi connectivity index (χ0) is 18.7. The average Bonchev–Trinajstić information content (AvgIpc) is 3.44. The van der Waals surface area contributed by atoms with Crippen LogP contribution in [-0.2, 0) is 0 Å². The molecule has 0 bridgehead atoms. The van der Waals surface area contributed by atoms with Crippen LogP contribution >= 0.6 is 0 Å². The Balaban J connectivity index is 1.85. The number of aliphatic hydroxyl groups excluding tert-OH is 1. The molecule has 7 heteroatoms. The van der Waals surface area contributed by atoms with E-state index >= 15 is 0 Å². The van der Waals surface area contributed by atoms with E-state index < -0.39 is 5.82 Å². The number of halogens is 1. The lowest BCUT2D eigenvalue weighted by Gasteiger charge is -2.20. The molecule has 6 nitrogen and oxygen atoms in total. The maximum atomic E-state index is 13.9. The van der Waals surface area contributed by atoms with Crippen LogP contribution in [0.3, 0.4) is 0 Å². The van der Waals surface area contributed by atoms with E-state index in [0.717, 1.165) is 18.5 Å². The number of anilines is 3. The number of methoxy groups -OCH3 is 1. The molecule has 3 rings (SSSR count). The minimum absolute atomic E-state index is 0.00113. The van der Waals surface area contributed by atoms with Crippen LogP contribution in [0.25, 0.3) is 0 Å². The third-order valence-corrected chi connectivity index (χ3v) is 4.48. The number of nitrogens with zero attached hydrogens (tertiary/aromatic N) is 2. The van der Waals surface area contributed by atoms with Gasteiger partial charge in [0.1, 0.15) is 5.82 Å². The van der Waals surface area contributed by atoms with Gasteiger partial charge in [-0.3, -0.25) is 0 Å². The van der Waals surface area contributed by atoms with Gasteiger partial charge in [-0.25, -0.2) is 9.37 Å². The number of benzene rings is 1. The summed E-state index contributed by atoms with van der Waals surface area (Å²) in [6.45, 7) is 4.05. The van der Waals surface area contributed by atoms with Gasteiger partial charge in [-0.15, -0.1) is 0 Å². The summed E-state index contributed by atoms with van der Waals surface area (Å²) in [5.74, 6) is 1.50. The van der Waals surface area contributed by atoms with Gasteiger partial charge in [-0.2, -0.15) is 4.98 Å². The molecule has 0 spiro atoms. The van der Waals surface area contributed by atoms with Crippen LogP contribution in [0, 0.1) is 11.7 Å². The van der Waals surface area contributed by atoms with Gasteiger partial charge < -0.3 is 20.5 Å². The van der Waals surface area contributed by atoms with Crippen molar-refractivity contribution in [2.75, 3.05) is 24.4 Å². The first kappa shape index (κ1) is 18.4. The van der Waals surface area contributed by atoms with E-state index in [1.165, 1.54) is 13.2 Å². The molecule has 1 atom stereocenters. The van der Waals surface area contributed by atoms with Gasteiger partial charge in [0.15, 0.2) is 11.6 Å². The molecule has 3 N–H and O–H groups in total. The van der Waals surface area contributed by atoms with E-state index in [0.29, 0.717) is 23.4 Å². The summed E-state index contributed by atoms with van der Waals surface area (Å²) in [5.41, 5.74) is 1.54. The number of hydrogen-bond acceptors (Lipinski definition) is 6. The van der Waals surface area contributed by atoms with Crippen LogP contribution in [0.15, 0.2) is 24.3 Å². The molecule has 1 aromatic heterocycles. The predicted molar refractivity (Wildman–Crippen MR) is 99.6 cm³/mol. The van der Waals surface area contributed by atoms with Gasteiger partial charge in [0.2, 0.25) is 5.95 Å². The van der Waals surface area contributed by atoms with Crippen molar-refractivity contribution in [2.45, 2.75) is 38.6 Å². The summed E-state index contributed by atoms with van der Waals surface area (Å²) >= 11 is 0. The monoisotopic (exact) mass is 360 g/mol. The minimum atomic E-state index is -0.438. The van der Waals surface area contributed by atoms with Crippen molar-refractivity contribution >= 4 is 17.5 Å². The van der Waals surface area contributed by atoms with Gasteiger partial charge in [0, 0.05) is 23.7 Å². The van der Waals surface area contributed by atoms with Gasteiger partial charge in [-0.1, -0.05) is 13.8 Å². The molecule has 1 fully saturated rings. The van der Waals surface area contributed by atoms with Crippen molar-refractivity contribution in [3.63, 3.8) is 0 Å². The normalized spacial score (nSPS) is 15.0. The Hall–Kier alpha value is -2.41. The Morgan fingerprint density at radius 1 is 1.27 bits per heavy atom. The average molecular weight is 360 g/mol. The van der Waals surface area contributed by atoms with Crippen LogP contribution < -0.4 is 15.4 Å². The molecule has 1 aromatic carbocycles. The molecule has 1 aliphatic carbocycles. The summed E-state index contributed by atoms with van der Waals surface area (Å²) < 4.78 is 18.9. The first-order chi connectivity index (χ1) is 12.5. The highest BCUT2D eigenvalue weighted by atomic mass is 19.1. The molecule has 1 aliphatic rings. The van der Waals surface area contributed by atoms with E-state index in [1.807, 2.05) is 19.9 Å². The fourth-order valence-electron chi connectivity index (χ4n) is 2.66. The Kier molecular flexibility index (Phi) is 5.56. The van der Waals surface area contributed by atoms with Gasteiger partial charge in [0.25, 0.3) is 0 Å². The largest absolute Gasteiger partial charge is 0.494 e. The summed E-state index contributed by atoms with van der Waals surface area (Å²) in [6.07, 6.45) is 2.22. The van der Waals surface area contributed by atoms with Crippen molar-refractivity contribution in [2.24, 2.45) is 5.92 Å². The van der Waals surface area contributed by atoms with Crippen LogP contribution in [0.2, 0.25) is 0 Å². The smallest absolute Gasteiger partial charge is 0.225 e. The lowest BCUT2D eigenvalue weighted by atomic mass is 10.1. The van der Waals surface area contributed by atoms with Crippen LogP contribution in [0.4, 0.5) is 21.8 Å². The van der Waals surface area contributed by atoms with Crippen molar-refractivity contribution in [1.29, 1.82) is 0 Å². The maximum Gasteiger partial charge on any atom is 0.225 e.